The van der Waals surface area contributed by atoms with E-state index in [-0.39, 0.29) is 18.4 Å². The van der Waals surface area contributed by atoms with Crippen LogP contribution in [0.15, 0.2) is 72.8 Å². The zero-order valence-corrected chi connectivity index (χ0v) is 17.0. The lowest BCUT2D eigenvalue weighted by Crippen LogP contribution is -2.34. The number of ether oxygens (including phenoxy) is 3. The van der Waals surface area contributed by atoms with Crippen molar-refractivity contribution in [3.63, 3.8) is 0 Å². The van der Waals surface area contributed by atoms with Crippen molar-refractivity contribution in [2.75, 3.05) is 17.2 Å². The minimum Gasteiger partial charge on any atom is -0.489 e. The Morgan fingerprint density at radius 1 is 1.00 bits per heavy atom. The Labute approximate surface area is 179 Å². The first-order valence-corrected chi connectivity index (χ1v) is 9.88. The highest BCUT2D eigenvalue weighted by atomic mass is 16.5. The molecule has 1 aliphatic heterocycles. The van der Waals surface area contributed by atoms with Crippen LogP contribution in [0.2, 0.25) is 0 Å². The fourth-order valence-electron chi connectivity index (χ4n) is 3.01. The second-order valence-electron chi connectivity index (χ2n) is 7.04. The molecule has 0 spiro atoms. The number of carbonyl (C=O) groups is 2. The number of hydrogen-bond acceptors (Lipinski definition) is 5. The van der Waals surface area contributed by atoms with E-state index in [1.54, 1.807) is 49.4 Å². The maximum Gasteiger partial charge on any atom is 0.265 e. The van der Waals surface area contributed by atoms with E-state index in [2.05, 4.69) is 10.6 Å². The van der Waals surface area contributed by atoms with Crippen LogP contribution in [0.5, 0.6) is 17.2 Å². The molecule has 0 saturated heterocycles. The average molecular weight is 418 g/mol. The van der Waals surface area contributed by atoms with E-state index in [1.807, 2.05) is 30.3 Å². The van der Waals surface area contributed by atoms with Gasteiger partial charge in [-0.3, -0.25) is 9.59 Å². The Morgan fingerprint density at radius 3 is 2.45 bits per heavy atom. The van der Waals surface area contributed by atoms with Gasteiger partial charge in [0.25, 0.3) is 11.8 Å². The van der Waals surface area contributed by atoms with Crippen molar-refractivity contribution in [3.8, 4) is 17.2 Å². The fourth-order valence-corrected chi connectivity index (χ4v) is 3.01. The molecule has 1 aliphatic rings. The van der Waals surface area contributed by atoms with E-state index < -0.39 is 6.10 Å². The van der Waals surface area contributed by atoms with Crippen LogP contribution in [0.3, 0.4) is 0 Å². The van der Waals surface area contributed by atoms with Crippen molar-refractivity contribution in [2.45, 2.75) is 19.6 Å². The summed E-state index contributed by atoms with van der Waals surface area (Å²) >= 11 is 0. The number of amides is 2. The number of anilines is 2. The summed E-state index contributed by atoms with van der Waals surface area (Å²) in [5.74, 6) is 1.29. The van der Waals surface area contributed by atoms with E-state index >= 15 is 0 Å². The first kappa shape index (κ1) is 20.3. The minimum atomic E-state index is -0.545. The normalized spacial score (nSPS) is 14.6. The highest BCUT2D eigenvalue weighted by molar-refractivity contribution is 5.99. The number of nitrogens with one attached hydrogen (secondary N) is 2. The summed E-state index contributed by atoms with van der Waals surface area (Å²) in [5, 5.41) is 5.49. The largest absolute Gasteiger partial charge is 0.489 e. The number of benzene rings is 3. The van der Waals surface area contributed by atoms with Crippen LogP contribution in [0.4, 0.5) is 11.4 Å². The Hall–Kier alpha value is -4.00. The van der Waals surface area contributed by atoms with Crippen LogP contribution in [0.25, 0.3) is 0 Å². The van der Waals surface area contributed by atoms with Crippen molar-refractivity contribution < 1.29 is 23.8 Å². The lowest BCUT2D eigenvalue weighted by Gasteiger charge is -2.23. The monoisotopic (exact) mass is 418 g/mol. The fraction of sp³-hybridized carbons (Fsp3) is 0.167. The van der Waals surface area contributed by atoms with Crippen LogP contribution in [-0.4, -0.2) is 24.5 Å². The van der Waals surface area contributed by atoms with Gasteiger partial charge < -0.3 is 24.8 Å². The molecule has 0 fully saturated rings. The van der Waals surface area contributed by atoms with Crippen LogP contribution < -0.4 is 24.8 Å². The summed E-state index contributed by atoms with van der Waals surface area (Å²) in [6.07, 6.45) is -0.545. The molecule has 4 rings (SSSR count). The molecule has 7 heteroatoms. The molecule has 2 amide bonds. The Balaban J connectivity index is 1.26. The molecule has 1 atom stereocenters. The first-order valence-electron chi connectivity index (χ1n) is 9.88. The summed E-state index contributed by atoms with van der Waals surface area (Å²) in [5.41, 5.74) is 2.14. The van der Waals surface area contributed by atoms with Gasteiger partial charge in [-0.25, -0.2) is 0 Å². The Morgan fingerprint density at radius 2 is 1.71 bits per heavy atom. The van der Waals surface area contributed by atoms with Crippen LogP contribution in [0.1, 0.15) is 12.5 Å². The van der Waals surface area contributed by atoms with E-state index in [1.165, 1.54) is 0 Å². The second kappa shape index (κ2) is 9.21. The van der Waals surface area contributed by atoms with Gasteiger partial charge in [0.1, 0.15) is 23.9 Å². The molecule has 0 aromatic heterocycles. The maximum absolute atomic E-state index is 12.2. The predicted molar refractivity (Wildman–Crippen MR) is 117 cm³/mol. The summed E-state index contributed by atoms with van der Waals surface area (Å²) in [6, 6.07) is 22.0. The van der Waals surface area contributed by atoms with Crippen LogP contribution in [-0.2, 0) is 16.2 Å². The van der Waals surface area contributed by atoms with E-state index in [0.29, 0.717) is 35.2 Å². The van der Waals surface area contributed by atoms with Gasteiger partial charge in [0.2, 0.25) is 0 Å². The Kier molecular flexibility index (Phi) is 6.03. The zero-order valence-electron chi connectivity index (χ0n) is 17.0. The third kappa shape index (κ3) is 5.33. The molecule has 0 unspecified atom stereocenters. The van der Waals surface area contributed by atoms with E-state index in [0.717, 1.165) is 5.56 Å². The molecule has 2 N–H and O–H groups in total. The van der Waals surface area contributed by atoms with Gasteiger partial charge in [0.05, 0.1) is 5.69 Å². The molecule has 31 heavy (non-hydrogen) atoms. The zero-order chi connectivity index (χ0) is 21.6. The predicted octanol–water partition coefficient (Wildman–Crippen LogP) is 4.00. The second-order valence-corrected chi connectivity index (χ2v) is 7.04. The van der Waals surface area contributed by atoms with Gasteiger partial charge in [0.15, 0.2) is 12.7 Å². The summed E-state index contributed by atoms with van der Waals surface area (Å²) in [4.78, 5) is 24.0. The van der Waals surface area contributed by atoms with E-state index in [4.69, 9.17) is 14.2 Å². The maximum atomic E-state index is 12.2. The third-order valence-electron chi connectivity index (χ3n) is 4.64. The van der Waals surface area contributed by atoms with Crippen LogP contribution in [0, 0.1) is 0 Å². The highest BCUT2D eigenvalue weighted by Gasteiger charge is 2.23. The number of carbonyl (C=O) groups excluding carboxylic acids is 2. The van der Waals surface area contributed by atoms with Gasteiger partial charge in [-0.05, 0) is 55.0 Å². The lowest BCUT2D eigenvalue weighted by molar-refractivity contribution is -0.122. The first-order chi connectivity index (χ1) is 15.1. The molecule has 3 aromatic carbocycles. The molecule has 0 bridgehead atoms. The number of fused-ring (bicyclic) bond motifs is 1. The third-order valence-corrected chi connectivity index (χ3v) is 4.64. The minimum absolute atomic E-state index is 0.152. The van der Waals surface area contributed by atoms with Gasteiger partial charge in [0, 0.05) is 5.69 Å². The van der Waals surface area contributed by atoms with Crippen molar-refractivity contribution in [1.82, 2.24) is 0 Å². The average Bonchev–Trinajstić information content (AvgIpc) is 2.79. The molecule has 0 saturated carbocycles. The van der Waals surface area contributed by atoms with Crippen molar-refractivity contribution in [3.05, 3.63) is 78.4 Å². The van der Waals surface area contributed by atoms with Crippen molar-refractivity contribution >= 4 is 23.2 Å². The smallest absolute Gasteiger partial charge is 0.265 e. The van der Waals surface area contributed by atoms with Gasteiger partial charge in [-0.1, -0.05) is 30.3 Å². The van der Waals surface area contributed by atoms with E-state index in [9.17, 15) is 9.59 Å². The number of hydrogen-bond donors (Lipinski definition) is 2. The SMILES string of the molecule is C[C@H]1Oc2ccc(NC(=O)COc3ccc(OCc4ccccc4)cc3)cc2NC1=O. The van der Waals surface area contributed by atoms with Crippen molar-refractivity contribution in [2.24, 2.45) is 0 Å². The quantitative estimate of drug-likeness (QED) is 0.606. The summed E-state index contributed by atoms with van der Waals surface area (Å²) in [7, 11) is 0. The summed E-state index contributed by atoms with van der Waals surface area (Å²) < 4.78 is 16.8. The summed E-state index contributed by atoms with van der Waals surface area (Å²) in [6.45, 7) is 2.00. The molecule has 1 heterocycles. The lowest BCUT2D eigenvalue weighted by atomic mass is 10.2. The van der Waals surface area contributed by atoms with Gasteiger partial charge in [-0.15, -0.1) is 0 Å². The number of rotatable bonds is 7. The molecular weight excluding hydrogens is 396 g/mol. The molecule has 158 valence electrons. The standard InChI is InChI=1S/C24H22N2O5/c1-16-24(28)26-21-13-18(7-12-22(21)31-16)25-23(27)15-30-20-10-8-19(9-11-20)29-14-17-5-3-2-4-6-17/h2-13,16H,14-15H2,1H3,(H,25,27)(H,26,28)/t16-/m1/s1. The molecule has 0 aliphatic carbocycles. The van der Waals surface area contributed by atoms with Gasteiger partial charge >= 0.3 is 0 Å². The van der Waals surface area contributed by atoms with Crippen LogP contribution >= 0.6 is 0 Å². The molecule has 3 aromatic rings. The van der Waals surface area contributed by atoms with Crippen molar-refractivity contribution in [1.29, 1.82) is 0 Å². The molecular formula is C24H22N2O5. The topological polar surface area (TPSA) is 85.9 Å². The molecule has 0 radical (unpaired) electrons. The molecule has 7 nitrogen and oxygen atoms in total. The Bertz CT molecular complexity index is 1070. The highest BCUT2D eigenvalue weighted by Crippen LogP contribution is 2.32. The van der Waals surface area contributed by atoms with Gasteiger partial charge in [-0.2, -0.15) is 0 Å².